The van der Waals surface area contributed by atoms with Crippen molar-refractivity contribution in [3.8, 4) is 5.75 Å². The van der Waals surface area contributed by atoms with Gasteiger partial charge in [0.25, 0.3) is 11.8 Å². The van der Waals surface area contributed by atoms with Gasteiger partial charge in [0.05, 0.1) is 11.3 Å². The molecule has 0 saturated heterocycles. The van der Waals surface area contributed by atoms with Gasteiger partial charge in [0.1, 0.15) is 16.5 Å². The molecular weight excluding hydrogens is 451 g/mol. The van der Waals surface area contributed by atoms with E-state index in [0.717, 1.165) is 10.5 Å². The third-order valence-corrected chi connectivity index (χ3v) is 5.40. The van der Waals surface area contributed by atoms with Crippen LogP contribution < -0.4 is 15.0 Å². The Morgan fingerprint density at radius 1 is 0.875 bits per heavy atom. The lowest BCUT2D eigenvalue weighted by molar-refractivity contribution is -0.120. The number of anilines is 2. The first-order valence-electron chi connectivity index (χ1n) is 9.54. The molecule has 1 aliphatic heterocycles. The molecule has 32 heavy (non-hydrogen) atoms. The molecule has 0 radical (unpaired) electrons. The molecule has 8 heteroatoms. The van der Waals surface area contributed by atoms with E-state index in [4.69, 9.17) is 27.9 Å². The maximum absolute atomic E-state index is 12.8. The highest BCUT2D eigenvalue weighted by Gasteiger charge is 2.38. The zero-order valence-corrected chi connectivity index (χ0v) is 18.3. The number of aryl methyl sites for hydroxylation is 1. The lowest BCUT2D eigenvalue weighted by atomic mass is 10.2. The molecule has 0 spiro atoms. The van der Waals surface area contributed by atoms with Crippen molar-refractivity contribution in [2.24, 2.45) is 0 Å². The number of benzene rings is 3. The molecule has 1 N–H and O–H groups in total. The number of para-hydroxylation sites is 1. The first-order chi connectivity index (χ1) is 15.3. The van der Waals surface area contributed by atoms with E-state index >= 15 is 0 Å². The number of hydrogen-bond acceptors (Lipinski definition) is 5. The lowest BCUT2D eigenvalue weighted by Crippen LogP contribution is -2.32. The number of carbonyl (C=O) groups excluding carboxylic acids is 3. The number of esters is 1. The smallest absolute Gasteiger partial charge is 0.343 e. The Balaban J connectivity index is 1.49. The van der Waals surface area contributed by atoms with Crippen LogP contribution in [-0.4, -0.2) is 17.8 Å². The summed E-state index contributed by atoms with van der Waals surface area (Å²) >= 11 is 12.0. The molecule has 2 amide bonds. The second-order valence-corrected chi connectivity index (χ2v) is 7.78. The summed E-state index contributed by atoms with van der Waals surface area (Å²) in [6.07, 6.45) is 0. The summed E-state index contributed by atoms with van der Waals surface area (Å²) in [5.74, 6) is -1.26. The summed E-state index contributed by atoms with van der Waals surface area (Å²) in [7, 11) is 0. The fourth-order valence-corrected chi connectivity index (χ4v) is 3.44. The van der Waals surface area contributed by atoms with E-state index in [1.807, 2.05) is 19.1 Å². The Morgan fingerprint density at radius 3 is 2.19 bits per heavy atom. The van der Waals surface area contributed by atoms with Crippen molar-refractivity contribution in [2.45, 2.75) is 6.92 Å². The topological polar surface area (TPSA) is 75.7 Å². The molecule has 160 valence electrons. The van der Waals surface area contributed by atoms with Gasteiger partial charge in [0.15, 0.2) is 0 Å². The summed E-state index contributed by atoms with van der Waals surface area (Å²) in [4.78, 5) is 38.7. The number of nitrogens with one attached hydrogen (secondary N) is 1. The predicted molar refractivity (Wildman–Crippen MR) is 123 cm³/mol. The molecule has 0 aromatic heterocycles. The number of nitrogens with zero attached hydrogens (tertiary/aromatic N) is 1. The second kappa shape index (κ2) is 8.86. The maximum Gasteiger partial charge on any atom is 0.343 e. The summed E-state index contributed by atoms with van der Waals surface area (Å²) in [5.41, 5.74) is 1.95. The fourth-order valence-electron chi connectivity index (χ4n) is 3.10. The van der Waals surface area contributed by atoms with Crippen molar-refractivity contribution in [1.82, 2.24) is 0 Å². The van der Waals surface area contributed by atoms with Gasteiger partial charge in [-0.1, -0.05) is 41.4 Å². The minimum Gasteiger partial charge on any atom is -0.423 e. The van der Waals surface area contributed by atoms with E-state index in [2.05, 4.69) is 5.32 Å². The van der Waals surface area contributed by atoms with Crippen LogP contribution in [0.3, 0.4) is 0 Å². The van der Waals surface area contributed by atoms with E-state index in [1.165, 1.54) is 0 Å². The highest BCUT2D eigenvalue weighted by molar-refractivity contribution is 6.53. The molecule has 1 aliphatic rings. The third-order valence-electron chi connectivity index (χ3n) is 4.80. The van der Waals surface area contributed by atoms with Gasteiger partial charge in [-0.2, -0.15) is 0 Å². The van der Waals surface area contributed by atoms with Gasteiger partial charge in [-0.05, 0) is 67.1 Å². The van der Waals surface area contributed by atoms with Crippen LogP contribution in [0.1, 0.15) is 15.9 Å². The third kappa shape index (κ3) is 4.23. The Morgan fingerprint density at radius 2 is 1.53 bits per heavy atom. The molecule has 0 atom stereocenters. The van der Waals surface area contributed by atoms with E-state index in [9.17, 15) is 14.4 Å². The second-order valence-electron chi connectivity index (χ2n) is 6.97. The number of amides is 2. The van der Waals surface area contributed by atoms with Crippen LogP contribution in [0.15, 0.2) is 83.5 Å². The number of halogens is 2. The largest absolute Gasteiger partial charge is 0.423 e. The average molecular weight is 467 g/mol. The highest BCUT2D eigenvalue weighted by Crippen LogP contribution is 2.31. The zero-order valence-electron chi connectivity index (χ0n) is 16.8. The number of imide groups is 1. The Hall–Kier alpha value is -3.61. The molecule has 4 rings (SSSR count). The zero-order chi connectivity index (χ0) is 22.8. The fraction of sp³-hybridized carbons (Fsp3) is 0.0417. The Labute approximate surface area is 194 Å². The van der Waals surface area contributed by atoms with Crippen molar-refractivity contribution < 1.29 is 19.1 Å². The van der Waals surface area contributed by atoms with E-state index in [-0.39, 0.29) is 10.7 Å². The number of ether oxygens (including phenoxy) is 1. The molecule has 0 saturated carbocycles. The monoisotopic (exact) mass is 466 g/mol. The normalized spacial score (nSPS) is 13.5. The molecule has 3 aromatic carbocycles. The number of carbonyl (C=O) groups is 3. The minimum absolute atomic E-state index is 0.0538. The predicted octanol–water partition coefficient (Wildman–Crippen LogP) is 5.30. The first kappa shape index (κ1) is 21.6. The SMILES string of the molecule is Cc1ccccc1OC(=O)c1ccc(NC2=C(Cl)C(=O)N(c3ccc(Cl)cc3)C2=O)cc1. The molecule has 3 aromatic rings. The molecule has 0 aliphatic carbocycles. The van der Waals surface area contributed by atoms with Crippen molar-refractivity contribution in [2.75, 3.05) is 10.2 Å². The van der Waals surface area contributed by atoms with Gasteiger partial charge in [0, 0.05) is 10.7 Å². The molecule has 1 heterocycles. The average Bonchev–Trinajstić information content (AvgIpc) is 3.00. The van der Waals surface area contributed by atoms with Crippen LogP contribution in [0.25, 0.3) is 0 Å². The summed E-state index contributed by atoms with van der Waals surface area (Å²) in [6.45, 7) is 1.85. The summed E-state index contributed by atoms with van der Waals surface area (Å²) in [6, 6.07) is 19.8. The Kier molecular flexibility index (Phi) is 5.99. The lowest BCUT2D eigenvalue weighted by Gasteiger charge is -2.15. The highest BCUT2D eigenvalue weighted by atomic mass is 35.5. The number of rotatable bonds is 5. The number of hydrogen-bond donors (Lipinski definition) is 1. The molecular formula is C24H16Cl2N2O4. The quantitative estimate of drug-likeness (QED) is 0.313. The van der Waals surface area contributed by atoms with Crippen molar-refractivity contribution in [1.29, 1.82) is 0 Å². The van der Waals surface area contributed by atoms with E-state index < -0.39 is 17.8 Å². The minimum atomic E-state index is -0.639. The van der Waals surface area contributed by atoms with Crippen LogP contribution in [0.2, 0.25) is 5.02 Å². The van der Waals surface area contributed by atoms with E-state index in [1.54, 1.807) is 60.7 Å². The van der Waals surface area contributed by atoms with Crippen LogP contribution in [0.5, 0.6) is 5.75 Å². The maximum atomic E-state index is 12.8. The van der Waals surface area contributed by atoms with Crippen LogP contribution in [0, 0.1) is 6.92 Å². The molecule has 6 nitrogen and oxygen atoms in total. The van der Waals surface area contributed by atoms with Gasteiger partial charge in [0.2, 0.25) is 0 Å². The van der Waals surface area contributed by atoms with Gasteiger partial charge >= 0.3 is 5.97 Å². The van der Waals surface area contributed by atoms with Crippen molar-refractivity contribution >= 4 is 52.4 Å². The Bertz CT molecular complexity index is 1250. The summed E-state index contributed by atoms with van der Waals surface area (Å²) < 4.78 is 5.42. The van der Waals surface area contributed by atoms with Gasteiger partial charge in [-0.15, -0.1) is 0 Å². The van der Waals surface area contributed by atoms with Crippen LogP contribution in [-0.2, 0) is 9.59 Å². The van der Waals surface area contributed by atoms with Crippen LogP contribution >= 0.6 is 23.2 Å². The van der Waals surface area contributed by atoms with Crippen molar-refractivity contribution in [3.63, 3.8) is 0 Å². The first-order valence-corrected chi connectivity index (χ1v) is 10.3. The molecule has 0 unspecified atom stereocenters. The van der Waals surface area contributed by atoms with Gasteiger partial charge in [-0.25, -0.2) is 9.69 Å². The van der Waals surface area contributed by atoms with Gasteiger partial charge in [-0.3, -0.25) is 9.59 Å². The molecule has 0 fully saturated rings. The molecule has 0 bridgehead atoms. The van der Waals surface area contributed by atoms with E-state index in [0.29, 0.717) is 27.7 Å². The van der Waals surface area contributed by atoms with Gasteiger partial charge < -0.3 is 10.1 Å². The summed E-state index contributed by atoms with van der Waals surface area (Å²) in [5, 5.41) is 3.11. The van der Waals surface area contributed by atoms with Crippen LogP contribution in [0.4, 0.5) is 11.4 Å². The van der Waals surface area contributed by atoms with Crippen molar-refractivity contribution in [3.05, 3.63) is 99.7 Å². The standard InChI is InChI=1S/C24H16Cl2N2O4/c1-14-4-2-3-5-19(14)32-24(31)15-6-10-17(11-7-15)27-21-20(26)22(29)28(23(21)30)18-12-8-16(25)9-13-18/h2-13,27H,1H3.